The monoisotopic (exact) mass is 418 g/mol. The first-order chi connectivity index (χ1) is 15.1. The van der Waals surface area contributed by atoms with Crippen LogP contribution in [0.5, 0.6) is 5.75 Å². The normalized spacial score (nSPS) is 13.7. The lowest BCUT2D eigenvalue weighted by Gasteiger charge is -2.21. The van der Waals surface area contributed by atoms with Gasteiger partial charge in [-0.2, -0.15) is 0 Å². The number of nitrogens with zero attached hydrogens (tertiary/aromatic N) is 4. The summed E-state index contributed by atoms with van der Waals surface area (Å²) in [5, 5.41) is 0.814. The number of rotatable bonds is 4. The molecule has 0 unspecified atom stereocenters. The fourth-order valence-corrected chi connectivity index (χ4v) is 3.98. The topological polar surface area (TPSA) is 51.1 Å². The van der Waals surface area contributed by atoms with Crippen molar-refractivity contribution in [2.24, 2.45) is 0 Å². The van der Waals surface area contributed by atoms with Crippen molar-refractivity contribution in [1.82, 2.24) is 15.0 Å². The molecule has 0 spiro atoms. The predicted octanol–water partition coefficient (Wildman–Crippen LogP) is 5.25. The summed E-state index contributed by atoms with van der Waals surface area (Å²) in [6, 6.07) is 11.4. The second-order valence-corrected chi connectivity index (χ2v) is 7.51. The standard InChI is InChI=1S/C24H20F2N4O/c1-31-21-13-17(15-6-7-19(25)20(26)12-15)11-18-22(21)28-23(16-5-4-8-27-14-16)29-24(18)30-9-2-3-10-30/h4-8,11-14H,2-3,9-10H2,1H3. The number of aromatic nitrogens is 3. The first-order valence-corrected chi connectivity index (χ1v) is 10.1. The minimum Gasteiger partial charge on any atom is -0.494 e. The average Bonchev–Trinajstić information content (AvgIpc) is 3.35. The molecule has 5 nitrogen and oxygen atoms in total. The molecule has 4 aromatic rings. The van der Waals surface area contributed by atoms with E-state index >= 15 is 0 Å². The molecule has 0 bridgehead atoms. The second kappa shape index (κ2) is 7.91. The molecule has 1 aliphatic heterocycles. The second-order valence-electron chi connectivity index (χ2n) is 7.51. The zero-order valence-corrected chi connectivity index (χ0v) is 17.0. The molecule has 1 aliphatic rings. The Morgan fingerprint density at radius 2 is 1.74 bits per heavy atom. The molecule has 0 N–H and O–H groups in total. The Hall–Kier alpha value is -3.61. The third kappa shape index (κ3) is 3.56. The highest BCUT2D eigenvalue weighted by atomic mass is 19.2. The maximum absolute atomic E-state index is 13.9. The van der Waals surface area contributed by atoms with Crippen molar-refractivity contribution in [3.8, 4) is 28.3 Å². The molecule has 31 heavy (non-hydrogen) atoms. The number of methoxy groups -OCH3 is 1. The van der Waals surface area contributed by atoms with Gasteiger partial charge >= 0.3 is 0 Å². The zero-order chi connectivity index (χ0) is 21.4. The maximum Gasteiger partial charge on any atom is 0.163 e. The van der Waals surface area contributed by atoms with Crippen molar-refractivity contribution in [1.29, 1.82) is 0 Å². The Morgan fingerprint density at radius 1 is 0.903 bits per heavy atom. The van der Waals surface area contributed by atoms with E-state index in [0.29, 0.717) is 28.2 Å². The Labute approximate surface area is 178 Å². The molecule has 0 radical (unpaired) electrons. The Balaban J connectivity index is 1.77. The van der Waals surface area contributed by atoms with E-state index in [9.17, 15) is 8.78 Å². The molecule has 1 saturated heterocycles. The van der Waals surface area contributed by atoms with Gasteiger partial charge in [-0.3, -0.25) is 4.98 Å². The fourth-order valence-electron chi connectivity index (χ4n) is 3.98. The van der Waals surface area contributed by atoms with E-state index in [1.165, 1.54) is 6.07 Å². The highest BCUT2D eigenvalue weighted by molar-refractivity contribution is 5.98. The quantitative estimate of drug-likeness (QED) is 0.453. The van der Waals surface area contributed by atoms with Crippen LogP contribution in [-0.4, -0.2) is 35.2 Å². The molecule has 0 amide bonds. The molecule has 156 valence electrons. The smallest absolute Gasteiger partial charge is 0.163 e. The van der Waals surface area contributed by atoms with Gasteiger partial charge in [0.2, 0.25) is 0 Å². The van der Waals surface area contributed by atoms with E-state index in [4.69, 9.17) is 14.7 Å². The number of halogens is 2. The van der Waals surface area contributed by atoms with Gasteiger partial charge in [0, 0.05) is 36.4 Å². The lowest BCUT2D eigenvalue weighted by Crippen LogP contribution is -2.20. The summed E-state index contributed by atoms with van der Waals surface area (Å²) >= 11 is 0. The van der Waals surface area contributed by atoms with Gasteiger partial charge in [-0.1, -0.05) is 6.07 Å². The van der Waals surface area contributed by atoms with Crippen LogP contribution in [0.15, 0.2) is 54.9 Å². The average molecular weight is 418 g/mol. The highest BCUT2D eigenvalue weighted by Crippen LogP contribution is 2.38. The van der Waals surface area contributed by atoms with Crippen LogP contribution < -0.4 is 9.64 Å². The molecule has 2 aromatic carbocycles. The van der Waals surface area contributed by atoms with E-state index in [0.717, 1.165) is 48.8 Å². The number of fused-ring (bicyclic) bond motifs is 1. The third-order valence-electron chi connectivity index (χ3n) is 5.54. The lowest BCUT2D eigenvalue weighted by atomic mass is 10.0. The van der Waals surface area contributed by atoms with Crippen molar-refractivity contribution in [2.45, 2.75) is 12.8 Å². The molecular formula is C24H20F2N4O. The van der Waals surface area contributed by atoms with Crippen LogP contribution in [-0.2, 0) is 0 Å². The molecule has 3 heterocycles. The van der Waals surface area contributed by atoms with E-state index in [1.807, 2.05) is 18.2 Å². The summed E-state index contributed by atoms with van der Waals surface area (Å²) in [6.07, 6.45) is 5.62. The van der Waals surface area contributed by atoms with Crippen LogP contribution >= 0.6 is 0 Å². The van der Waals surface area contributed by atoms with Crippen LogP contribution in [0.1, 0.15) is 12.8 Å². The molecule has 7 heteroatoms. The Bertz CT molecular complexity index is 1260. The zero-order valence-electron chi connectivity index (χ0n) is 17.0. The molecule has 0 saturated carbocycles. The third-order valence-corrected chi connectivity index (χ3v) is 5.54. The van der Waals surface area contributed by atoms with E-state index in [2.05, 4.69) is 9.88 Å². The van der Waals surface area contributed by atoms with Crippen molar-refractivity contribution >= 4 is 16.7 Å². The number of anilines is 1. The first kappa shape index (κ1) is 19.4. The summed E-state index contributed by atoms with van der Waals surface area (Å²) in [5.74, 6) is 0.161. The summed E-state index contributed by atoms with van der Waals surface area (Å²) < 4.78 is 33.0. The molecule has 0 aliphatic carbocycles. The number of hydrogen-bond donors (Lipinski definition) is 0. The van der Waals surface area contributed by atoms with Gasteiger partial charge in [0.05, 0.1) is 7.11 Å². The molecule has 0 atom stereocenters. The predicted molar refractivity (Wildman–Crippen MR) is 116 cm³/mol. The number of hydrogen-bond acceptors (Lipinski definition) is 5. The SMILES string of the molecule is COc1cc(-c2ccc(F)c(F)c2)cc2c(N3CCCC3)nc(-c3cccnc3)nc12. The molecule has 1 fully saturated rings. The van der Waals surface area contributed by atoms with Gasteiger partial charge < -0.3 is 9.64 Å². The van der Waals surface area contributed by atoms with Gasteiger partial charge in [0.1, 0.15) is 17.1 Å². The van der Waals surface area contributed by atoms with Gasteiger partial charge in [-0.05, 0) is 60.4 Å². The highest BCUT2D eigenvalue weighted by Gasteiger charge is 2.21. The number of benzene rings is 2. The van der Waals surface area contributed by atoms with Crippen LogP contribution in [0.3, 0.4) is 0 Å². The van der Waals surface area contributed by atoms with Crippen LogP contribution in [0, 0.1) is 11.6 Å². The molecule has 2 aromatic heterocycles. The van der Waals surface area contributed by atoms with Gasteiger partial charge in [-0.15, -0.1) is 0 Å². The van der Waals surface area contributed by atoms with Crippen LogP contribution in [0.4, 0.5) is 14.6 Å². The molecule has 5 rings (SSSR count). The summed E-state index contributed by atoms with van der Waals surface area (Å²) in [7, 11) is 1.57. The Morgan fingerprint density at radius 3 is 2.45 bits per heavy atom. The largest absolute Gasteiger partial charge is 0.494 e. The van der Waals surface area contributed by atoms with E-state index in [1.54, 1.807) is 31.6 Å². The number of ether oxygens (including phenoxy) is 1. The van der Waals surface area contributed by atoms with E-state index in [-0.39, 0.29) is 0 Å². The van der Waals surface area contributed by atoms with Gasteiger partial charge in [-0.25, -0.2) is 18.7 Å². The minimum atomic E-state index is -0.889. The summed E-state index contributed by atoms with van der Waals surface area (Å²) in [4.78, 5) is 16.1. The summed E-state index contributed by atoms with van der Waals surface area (Å²) in [6.45, 7) is 1.80. The fraction of sp³-hybridized carbons (Fsp3) is 0.208. The van der Waals surface area contributed by atoms with Crippen molar-refractivity contribution in [2.75, 3.05) is 25.1 Å². The van der Waals surface area contributed by atoms with Crippen LogP contribution in [0.2, 0.25) is 0 Å². The molecular weight excluding hydrogens is 398 g/mol. The number of pyridine rings is 1. The van der Waals surface area contributed by atoms with Crippen molar-refractivity contribution < 1.29 is 13.5 Å². The first-order valence-electron chi connectivity index (χ1n) is 10.1. The van der Waals surface area contributed by atoms with Crippen LogP contribution in [0.25, 0.3) is 33.4 Å². The van der Waals surface area contributed by atoms with Crippen molar-refractivity contribution in [3.63, 3.8) is 0 Å². The lowest BCUT2D eigenvalue weighted by molar-refractivity contribution is 0.419. The summed E-state index contributed by atoms with van der Waals surface area (Å²) in [5.41, 5.74) is 2.76. The Kier molecular flexibility index (Phi) is 4.94. The maximum atomic E-state index is 13.9. The minimum absolute atomic E-state index is 0.547. The van der Waals surface area contributed by atoms with Gasteiger partial charge in [0.25, 0.3) is 0 Å². The van der Waals surface area contributed by atoms with Gasteiger partial charge in [0.15, 0.2) is 17.5 Å². The van der Waals surface area contributed by atoms with E-state index < -0.39 is 11.6 Å². The van der Waals surface area contributed by atoms with Crippen molar-refractivity contribution in [3.05, 3.63) is 66.5 Å².